The SMILES string of the molecule is CCOC(=O)C=C(C)c1ccc(C(Cl)c2cccnc2)cc1.Cl. The highest BCUT2D eigenvalue weighted by Crippen LogP contribution is 2.29. The summed E-state index contributed by atoms with van der Waals surface area (Å²) in [4.78, 5) is 15.5. The first-order valence-corrected chi connectivity index (χ1v) is 7.55. The van der Waals surface area contributed by atoms with Crippen molar-refractivity contribution >= 4 is 35.6 Å². The third-order valence-electron chi connectivity index (χ3n) is 3.26. The van der Waals surface area contributed by atoms with Crippen LogP contribution in [-0.2, 0) is 9.53 Å². The highest BCUT2D eigenvalue weighted by molar-refractivity contribution is 6.22. The largest absolute Gasteiger partial charge is 0.463 e. The van der Waals surface area contributed by atoms with E-state index in [1.165, 1.54) is 6.08 Å². The van der Waals surface area contributed by atoms with Gasteiger partial charge in [-0.05, 0) is 42.2 Å². The molecule has 1 aromatic heterocycles. The van der Waals surface area contributed by atoms with Gasteiger partial charge in [0, 0.05) is 18.5 Å². The van der Waals surface area contributed by atoms with Crippen molar-refractivity contribution in [3.05, 3.63) is 71.6 Å². The molecule has 0 spiro atoms. The molecule has 0 amide bonds. The monoisotopic (exact) mass is 351 g/mol. The zero-order chi connectivity index (χ0) is 15.9. The van der Waals surface area contributed by atoms with E-state index in [9.17, 15) is 4.79 Å². The number of hydrogen-bond acceptors (Lipinski definition) is 3. The maximum atomic E-state index is 11.5. The first-order chi connectivity index (χ1) is 10.6. The molecule has 0 saturated carbocycles. The second kappa shape index (κ2) is 9.33. The fourth-order valence-corrected chi connectivity index (χ4v) is 2.35. The molecular formula is C18H19Cl2NO2. The Morgan fingerprint density at radius 1 is 1.26 bits per heavy atom. The van der Waals surface area contributed by atoms with Crippen molar-refractivity contribution in [2.45, 2.75) is 19.2 Å². The Kier molecular flexibility index (Phi) is 7.79. The Hall–Kier alpha value is -1.84. The zero-order valence-electron chi connectivity index (χ0n) is 13.0. The number of carbonyl (C=O) groups is 1. The van der Waals surface area contributed by atoms with E-state index in [4.69, 9.17) is 16.3 Å². The van der Waals surface area contributed by atoms with Gasteiger partial charge in [-0.3, -0.25) is 4.98 Å². The molecule has 3 nitrogen and oxygen atoms in total. The van der Waals surface area contributed by atoms with E-state index in [0.29, 0.717) is 6.61 Å². The van der Waals surface area contributed by atoms with Crippen molar-refractivity contribution in [3.8, 4) is 0 Å². The molecular weight excluding hydrogens is 333 g/mol. The Morgan fingerprint density at radius 2 is 1.96 bits per heavy atom. The summed E-state index contributed by atoms with van der Waals surface area (Å²) in [6, 6.07) is 11.6. The average Bonchev–Trinajstić information content (AvgIpc) is 2.55. The lowest BCUT2D eigenvalue weighted by molar-refractivity contribution is -0.137. The second-order valence-electron chi connectivity index (χ2n) is 4.85. The molecule has 1 atom stereocenters. The number of ether oxygens (including phenoxy) is 1. The molecule has 1 heterocycles. The summed E-state index contributed by atoms with van der Waals surface area (Å²) in [5.41, 5.74) is 3.77. The molecule has 1 unspecified atom stereocenters. The number of benzene rings is 1. The minimum Gasteiger partial charge on any atom is -0.463 e. The van der Waals surface area contributed by atoms with Gasteiger partial charge in [0.15, 0.2) is 0 Å². The van der Waals surface area contributed by atoms with Crippen LogP contribution in [0.5, 0.6) is 0 Å². The van der Waals surface area contributed by atoms with Crippen molar-refractivity contribution in [3.63, 3.8) is 0 Å². The topological polar surface area (TPSA) is 39.2 Å². The van der Waals surface area contributed by atoms with Gasteiger partial charge in [-0.2, -0.15) is 0 Å². The third kappa shape index (κ3) is 5.38. The minimum atomic E-state index is -0.324. The summed E-state index contributed by atoms with van der Waals surface area (Å²) in [5.74, 6) is -0.324. The molecule has 0 aliphatic heterocycles. The maximum Gasteiger partial charge on any atom is 0.331 e. The molecule has 0 aliphatic rings. The van der Waals surface area contributed by atoms with Crippen LogP contribution in [0.4, 0.5) is 0 Å². The van der Waals surface area contributed by atoms with Crippen LogP contribution >= 0.6 is 24.0 Å². The van der Waals surface area contributed by atoms with E-state index in [1.807, 2.05) is 43.3 Å². The van der Waals surface area contributed by atoms with Crippen molar-refractivity contribution in [2.24, 2.45) is 0 Å². The van der Waals surface area contributed by atoms with Crippen LogP contribution in [-0.4, -0.2) is 17.6 Å². The molecule has 23 heavy (non-hydrogen) atoms. The van der Waals surface area contributed by atoms with Gasteiger partial charge < -0.3 is 4.74 Å². The van der Waals surface area contributed by atoms with Crippen LogP contribution in [0.25, 0.3) is 5.57 Å². The fraction of sp³-hybridized carbons (Fsp3) is 0.222. The number of rotatable bonds is 5. The fourth-order valence-electron chi connectivity index (χ4n) is 2.08. The highest BCUT2D eigenvalue weighted by Gasteiger charge is 2.11. The summed E-state index contributed by atoms with van der Waals surface area (Å²) < 4.78 is 4.91. The number of hydrogen-bond donors (Lipinski definition) is 0. The number of esters is 1. The van der Waals surface area contributed by atoms with Gasteiger partial charge in [0.1, 0.15) is 0 Å². The number of pyridine rings is 1. The highest BCUT2D eigenvalue weighted by atomic mass is 35.5. The van der Waals surface area contributed by atoms with E-state index < -0.39 is 0 Å². The predicted octanol–water partition coefficient (Wildman–Crippen LogP) is 4.80. The van der Waals surface area contributed by atoms with Gasteiger partial charge >= 0.3 is 5.97 Å². The number of nitrogens with zero attached hydrogens (tertiary/aromatic N) is 1. The Labute approximate surface area is 147 Å². The van der Waals surface area contributed by atoms with Crippen LogP contribution < -0.4 is 0 Å². The van der Waals surface area contributed by atoms with Crippen molar-refractivity contribution in [1.29, 1.82) is 0 Å². The zero-order valence-corrected chi connectivity index (χ0v) is 14.6. The van der Waals surface area contributed by atoms with Crippen molar-refractivity contribution in [1.82, 2.24) is 4.98 Å². The molecule has 0 N–H and O–H groups in total. The second-order valence-corrected chi connectivity index (χ2v) is 5.29. The number of alkyl halides is 1. The lowest BCUT2D eigenvalue weighted by atomic mass is 10.0. The van der Waals surface area contributed by atoms with Gasteiger partial charge in [0.2, 0.25) is 0 Å². The predicted molar refractivity (Wildman–Crippen MR) is 95.9 cm³/mol. The molecule has 1 aromatic carbocycles. The van der Waals surface area contributed by atoms with Gasteiger partial charge in [0.05, 0.1) is 12.0 Å². The molecule has 2 aromatic rings. The van der Waals surface area contributed by atoms with Gasteiger partial charge in [-0.25, -0.2) is 4.79 Å². The van der Waals surface area contributed by atoms with E-state index in [1.54, 1.807) is 19.3 Å². The number of halogens is 2. The number of aromatic nitrogens is 1. The Bertz CT molecular complexity index is 654. The van der Waals surface area contributed by atoms with Crippen LogP contribution in [0.15, 0.2) is 54.9 Å². The number of carbonyl (C=O) groups excluding carboxylic acids is 1. The van der Waals surface area contributed by atoms with Crippen LogP contribution in [0.2, 0.25) is 0 Å². The van der Waals surface area contributed by atoms with E-state index >= 15 is 0 Å². The van der Waals surface area contributed by atoms with E-state index in [0.717, 1.165) is 22.3 Å². The lowest BCUT2D eigenvalue weighted by Crippen LogP contribution is -2.00. The van der Waals surface area contributed by atoms with E-state index in [-0.39, 0.29) is 23.8 Å². The average molecular weight is 352 g/mol. The summed E-state index contributed by atoms with van der Waals surface area (Å²) in [7, 11) is 0. The van der Waals surface area contributed by atoms with Crippen LogP contribution in [0, 0.1) is 0 Å². The van der Waals surface area contributed by atoms with Crippen molar-refractivity contribution in [2.75, 3.05) is 6.61 Å². The lowest BCUT2D eigenvalue weighted by Gasteiger charge is -2.11. The van der Waals surface area contributed by atoms with Gasteiger partial charge in [0.25, 0.3) is 0 Å². The molecule has 0 fully saturated rings. The van der Waals surface area contributed by atoms with E-state index in [2.05, 4.69) is 4.98 Å². The normalized spacial score (nSPS) is 12.2. The van der Waals surface area contributed by atoms with Crippen LogP contribution in [0.1, 0.15) is 35.9 Å². The Morgan fingerprint density at radius 3 is 2.52 bits per heavy atom. The Balaban J connectivity index is 0.00000264. The quantitative estimate of drug-likeness (QED) is 0.441. The first-order valence-electron chi connectivity index (χ1n) is 7.11. The van der Waals surface area contributed by atoms with Crippen LogP contribution in [0.3, 0.4) is 0 Å². The van der Waals surface area contributed by atoms with Gasteiger partial charge in [-0.1, -0.05) is 30.3 Å². The summed E-state index contributed by atoms with van der Waals surface area (Å²) in [6.07, 6.45) is 4.98. The molecule has 122 valence electrons. The smallest absolute Gasteiger partial charge is 0.331 e. The molecule has 0 radical (unpaired) electrons. The molecule has 0 saturated heterocycles. The molecule has 5 heteroatoms. The first kappa shape index (κ1) is 19.2. The van der Waals surface area contributed by atoms with Crippen molar-refractivity contribution < 1.29 is 9.53 Å². The summed E-state index contributed by atoms with van der Waals surface area (Å²) in [6.45, 7) is 4.04. The minimum absolute atomic E-state index is 0. The standard InChI is InChI=1S/C18H18ClNO2.ClH/c1-3-22-17(21)11-13(2)14-6-8-15(9-7-14)18(19)16-5-4-10-20-12-16;/h4-12,18H,3H2,1-2H3;1H. The maximum absolute atomic E-state index is 11.5. The molecule has 2 rings (SSSR count). The summed E-state index contributed by atoms with van der Waals surface area (Å²) >= 11 is 6.46. The number of allylic oxidation sites excluding steroid dienone is 1. The molecule has 0 bridgehead atoms. The third-order valence-corrected chi connectivity index (χ3v) is 3.76. The molecule has 0 aliphatic carbocycles. The summed E-state index contributed by atoms with van der Waals surface area (Å²) in [5, 5.41) is -0.239. The van der Waals surface area contributed by atoms with Gasteiger partial charge in [-0.15, -0.1) is 24.0 Å².